The summed E-state index contributed by atoms with van der Waals surface area (Å²) >= 11 is 0. The van der Waals surface area contributed by atoms with E-state index in [4.69, 9.17) is 15.9 Å². The van der Waals surface area contributed by atoms with Crippen LogP contribution in [0.4, 0.5) is 4.79 Å². The van der Waals surface area contributed by atoms with E-state index in [2.05, 4.69) is 10.6 Å². The van der Waals surface area contributed by atoms with Crippen LogP contribution in [0.15, 0.2) is 0 Å². The fraction of sp³-hybridized carbons (Fsp3) is 0.625. The molecule has 0 aromatic heterocycles. The summed E-state index contributed by atoms with van der Waals surface area (Å²) in [6, 6.07) is -1.89. The van der Waals surface area contributed by atoms with Crippen molar-refractivity contribution in [2.75, 3.05) is 13.1 Å². The van der Waals surface area contributed by atoms with Gasteiger partial charge in [-0.25, -0.2) is 9.59 Å². The normalized spacial score (nSPS) is 11.6. The van der Waals surface area contributed by atoms with Gasteiger partial charge in [0.15, 0.2) is 0 Å². The number of carboxylic acid groups (broad SMARTS) is 2. The summed E-state index contributed by atoms with van der Waals surface area (Å²) in [7, 11) is 0. The standard InChI is InChI=1S/C8H15N3O5/c9-3-4-10-8(16)11-5(7(14)15)1-2-6(12)13/h5H,1-4,9H2,(H,12,13)(H,14,15)(H2,10,11,16)/t5-/m0/s1. The Morgan fingerprint density at radius 3 is 2.31 bits per heavy atom. The smallest absolute Gasteiger partial charge is 0.326 e. The first kappa shape index (κ1) is 14.2. The predicted molar refractivity (Wildman–Crippen MR) is 53.9 cm³/mol. The van der Waals surface area contributed by atoms with Crippen molar-refractivity contribution in [3.63, 3.8) is 0 Å². The minimum absolute atomic E-state index is 0.166. The molecule has 0 aromatic rings. The molecular weight excluding hydrogens is 218 g/mol. The van der Waals surface area contributed by atoms with Crippen LogP contribution in [-0.2, 0) is 9.59 Å². The summed E-state index contributed by atoms with van der Waals surface area (Å²) in [6.07, 6.45) is -0.491. The lowest BCUT2D eigenvalue weighted by Crippen LogP contribution is -2.47. The lowest BCUT2D eigenvalue weighted by atomic mass is 10.1. The number of carbonyl (C=O) groups excluding carboxylic acids is 1. The highest BCUT2D eigenvalue weighted by Gasteiger charge is 2.20. The van der Waals surface area contributed by atoms with Crippen LogP contribution in [-0.4, -0.2) is 47.3 Å². The Labute approximate surface area is 91.8 Å². The molecule has 0 bridgehead atoms. The summed E-state index contributed by atoms with van der Waals surface area (Å²) in [6.45, 7) is 0.456. The lowest BCUT2D eigenvalue weighted by molar-refractivity contribution is -0.140. The van der Waals surface area contributed by atoms with E-state index in [-0.39, 0.29) is 25.9 Å². The molecule has 0 saturated heterocycles. The van der Waals surface area contributed by atoms with E-state index in [1.807, 2.05) is 0 Å². The first-order valence-electron chi connectivity index (χ1n) is 4.66. The van der Waals surface area contributed by atoms with Crippen LogP contribution >= 0.6 is 0 Å². The Kier molecular flexibility index (Phi) is 6.61. The van der Waals surface area contributed by atoms with Crippen molar-refractivity contribution in [3.8, 4) is 0 Å². The van der Waals surface area contributed by atoms with Crippen molar-refractivity contribution in [3.05, 3.63) is 0 Å². The Balaban J connectivity index is 4.07. The first-order chi connectivity index (χ1) is 7.47. The molecule has 0 aliphatic heterocycles. The molecular formula is C8H15N3O5. The number of carboxylic acids is 2. The number of hydrogen-bond donors (Lipinski definition) is 5. The van der Waals surface area contributed by atoms with E-state index in [1.165, 1.54) is 0 Å². The van der Waals surface area contributed by atoms with Crippen LogP contribution in [0.2, 0.25) is 0 Å². The molecule has 0 fully saturated rings. The zero-order valence-corrected chi connectivity index (χ0v) is 8.60. The van der Waals surface area contributed by atoms with Crippen LogP contribution in [0.3, 0.4) is 0 Å². The van der Waals surface area contributed by atoms with Crippen molar-refractivity contribution < 1.29 is 24.6 Å². The molecule has 1 atom stereocenters. The molecule has 0 unspecified atom stereocenters. The molecule has 92 valence electrons. The second-order valence-corrected chi connectivity index (χ2v) is 3.01. The van der Waals surface area contributed by atoms with Gasteiger partial charge in [0.2, 0.25) is 0 Å². The number of nitrogens with one attached hydrogen (secondary N) is 2. The third kappa shape index (κ3) is 6.60. The highest BCUT2D eigenvalue weighted by atomic mass is 16.4. The molecule has 0 spiro atoms. The Hall–Kier alpha value is -1.83. The largest absolute Gasteiger partial charge is 0.481 e. The third-order valence-electron chi connectivity index (χ3n) is 1.68. The van der Waals surface area contributed by atoms with Gasteiger partial charge in [-0.05, 0) is 6.42 Å². The maximum absolute atomic E-state index is 11.1. The van der Waals surface area contributed by atoms with Crippen LogP contribution < -0.4 is 16.4 Å². The monoisotopic (exact) mass is 233 g/mol. The van der Waals surface area contributed by atoms with E-state index in [1.54, 1.807) is 0 Å². The van der Waals surface area contributed by atoms with Crippen molar-refractivity contribution in [2.24, 2.45) is 5.73 Å². The van der Waals surface area contributed by atoms with Gasteiger partial charge >= 0.3 is 18.0 Å². The third-order valence-corrected chi connectivity index (χ3v) is 1.68. The number of nitrogens with two attached hydrogens (primary N) is 1. The van der Waals surface area contributed by atoms with Crippen molar-refractivity contribution in [1.29, 1.82) is 0 Å². The molecule has 8 nitrogen and oxygen atoms in total. The van der Waals surface area contributed by atoms with Crippen LogP contribution in [0, 0.1) is 0 Å². The molecule has 0 radical (unpaired) electrons. The molecule has 6 N–H and O–H groups in total. The highest BCUT2D eigenvalue weighted by molar-refractivity contribution is 5.82. The zero-order chi connectivity index (χ0) is 12.6. The minimum atomic E-state index is -1.27. The number of urea groups is 1. The molecule has 0 aromatic carbocycles. The van der Waals surface area contributed by atoms with E-state index in [0.717, 1.165) is 0 Å². The van der Waals surface area contributed by atoms with Gasteiger partial charge in [-0.1, -0.05) is 0 Å². The average Bonchev–Trinajstić information content (AvgIpc) is 2.20. The molecule has 0 aliphatic rings. The summed E-state index contributed by atoms with van der Waals surface area (Å²) in [5.74, 6) is -2.39. The summed E-state index contributed by atoms with van der Waals surface area (Å²) in [5.41, 5.74) is 5.13. The van der Waals surface area contributed by atoms with Gasteiger partial charge in [-0.15, -0.1) is 0 Å². The topological polar surface area (TPSA) is 142 Å². The zero-order valence-electron chi connectivity index (χ0n) is 8.60. The Morgan fingerprint density at radius 1 is 1.25 bits per heavy atom. The van der Waals surface area contributed by atoms with Crippen molar-refractivity contribution in [2.45, 2.75) is 18.9 Å². The van der Waals surface area contributed by atoms with Gasteiger partial charge < -0.3 is 26.6 Å². The SMILES string of the molecule is NCCNC(=O)N[C@@H](CCC(=O)O)C(=O)O. The maximum atomic E-state index is 11.1. The average molecular weight is 233 g/mol. The first-order valence-corrected chi connectivity index (χ1v) is 4.66. The Morgan fingerprint density at radius 2 is 1.88 bits per heavy atom. The second-order valence-electron chi connectivity index (χ2n) is 3.01. The van der Waals surface area contributed by atoms with Gasteiger partial charge in [0, 0.05) is 19.5 Å². The van der Waals surface area contributed by atoms with Gasteiger partial charge in [0.25, 0.3) is 0 Å². The van der Waals surface area contributed by atoms with E-state index >= 15 is 0 Å². The van der Waals surface area contributed by atoms with Crippen LogP contribution in [0.5, 0.6) is 0 Å². The molecule has 16 heavy (non-hydrogen) atoms. The second kappa shape index (κ2) is 7.46. The highest BCUT2D eigenvalue weighted by Crippen LogP contribution is 1.97. The fourth-order valence-electron chi connectivity index (χ4n) is 0.920. The summed E-state index contributed by atoms with van der Waals surface area (Å²) in [5, 5.41) is 21.5. The van der Waals surface area contributed by atoms with Crippen molar-refractivity contribution >= 4 is 18.0 Å². The fourth-order valence-corrected chi connectivity index (χ4v) is 0.920. The summed E-state index contributed by atoms with van der Waals surface area (Å²) < 4.78 is 0. The minimum Gasteiger partial charge on any atom is -0.481 e. The van der Waals surface area contributed by atoms with Gasteiger partial charge in [-0.2, -0.15) is 0 Å². The molecule has 0 rings (SSSR count). The van der Waals surface area contributed by atoms with Gasteiger partial charge in [-0.3, -0.25) is 4.79 Å². The van der Waals surface area contributed by atoms with E-state index in [9.17, 15) is 14.4 Å². The van der Waals surface area contributed by atoms with Crippen molar-refractivity contribution in [1.82, 2.24) is 10.6 Å². The van der Waals surface area contributed by atoms with Crippen LogP contribution in [0.1, 0.15) is 12.8 Å². The lowest BCUT2D eigenvalue weighted by Gasteiger charge is -2.13. The maximum Gasteiger partial charge on any atom is 0.326 e. The number of carbonyl (C=O) groups is 3. The summed E-state index contributed by atoms with van der Waals surface area (Å²) in [4.78, 5) is 32.0. The van der Waals surface area contributed by atoms with Gasteiger partial charge in [0.1, 0.15) is 6.04 Å². The number of amides is 2. The van der Waals surface area contributed by atoms with E-state index < -0.39 is 24.0 Å². The quantitative estimate of drug-likeness (QED) is 0.364. The molecule has 0 saturated carbocycles. The number of aliphatic carboxylic acids is 2. The Bertz CT molecular complexity index is 268. The van der Waals surface area contributed by atoms with Crippen LogP contribution in [0.25, 0.3) is 0 Å². The van der Waals surface area contributed by atoms with Gasteiger partial charge in [0.05, 0.1) is 0 Å². The molecule has 0 aliphatic carbocycles. The predicted octanol–water partition coefficient (Wildman–Crippen LogP) is -1.44. The number of hydrogen-bond acceptors (Lipinski definition) is 4. The number of rotatable bonds is 7. The van der Waals surface area contributed by atoms with E-state index in [0.29, 0.717) is 0 Å². The molecule has 8 heteroatoms. The molecule has 2 amide bonds. The molecule has 0 heterocycles.